The van der Waals surface area contributed by atoms with Crippen molar-refractivity contribution in [2.24, 2.45) is 5.92 Å². The van der Waals surface area contributed by atoms with E-state index >= 15 is 0 Å². The van der Waals surface area contributed by atoms with E-state index < -0.39 is 6.09 Å². The van der Waals surface area contributed by atoms with Crippen LogP contribution in [-0.4, -0.2) is 18.4 Å². The molecule has 0 heterocycles. The van der Waals surface area contributed by atoms with Crippen LogP contribution < -0.4 is 5.32 Å². The van der Waals surface area contributed by atoms with Gasteiger partial charge in [0.1, 0.15) is 6.61 Å². The van der Waals surface area contributed by atoms with Gasteiger partial charge in [0.25, 0.3) is 0 Å². The van der Waals surface area contributed by atoms with Crippen LogP contribution in [0.1, 0.15) is 24.8 Å². The Bertz CT molecular complexity index is 412. The quantitative estimate of drug-likeness (QED) is 0.868. The molecular formula is C14H17NO3. The maximum Gasteiger partial charge on any atom is 0.407 e. The van der Waals surface area contributed by atoms with Gasteiger partial charge < -0.3 is 10.1 Å². The summed E-state index contributed by atoms with van der Waals surface area (Å²) in [6.45, 7) is 0.308. The molecule has 1 aromatic rings. The molecular weight excluding hydrogens is 230 g/mol. The van der Waals surface area contributed by atoms with Crippen molar-refractivity contribution in [2.45, 2.75) is 25.9 Å². The molecule has 1 amide bonds. The van der Waals surface area contributed by atoms with Gasteiger partial charge in [-0.2, -0.15) is 0 Å². The van der Waals surface area contributed by atoms with Crippen molar-refractivity contribution in [3.63, 3.8) is 0 Å². The normalized spacial score (nSPS) is 14.7. The lowest BCUT2D eigenvalue weighted by molar-refractivity contribution is -0.124. The average molecular weight is 247 g/mol. The molecule has 4 heteroatoms. The van der Waals surface area contributed by atoms with Crippen molar-refractivity contribution in [1.82, 2.24) is 5.32 Å². The third-order valence-electron chi connectivity index (χ3n) is 3.18. The first kappa shape index (κ1) is 12.6. The lowest BCUT2D eigenvalue weighted by Crippen LogP contribution is -2.35. The van der Waals surface area contributed by atoms with Gasteiger partial charge >= 0.3 is 6.09 Å². The van der Waals surface area contributed by atoms with Gasteiger partial charge in [0, 0.05) is 5.92 Å². The largest absolute Gasteiger partial charge is 0.445 e. The fourth-order valence-corrected chi connectivity index (χ4v) is 1.81. The van der Waals surface area contributed by atoms with Crippen LogP contribution >= 0.6 is 0 Å². The molecule has 0 saturated heterocycles. The van der Waals surface area contributed by atoms with Gasteiger partial charge in [0.15, 0.2) is 5.78 Å². The highest BCUT2D eigenvalue weighted by Gasteiger charge is 2.25. The molecule has 1 aromatic carbocycles. The van der Waals surface area contributed by atoms with E-state index in [9.17, 15) is 9.59 Å². The Balaban J connectivity index is 1.64. The number of carbonyl (C=O) groups excluding carboxylic acids is 2. The molecule has 0 aromatic heterocycles. The van der Waals surface area contributed by atoms with E-state index in [1.165, 1.54) is 0 Å². The molecule has 1 aliphatic rings. The van der Waals surface area contributed by atoms with Crippen molar-refractivity contribution in [3.05, 3.63) is 35.9 Å². The van der Waals surface area contributed by atoms with Crippen LogP contribution in [0.4, 0.5) is 4.79 Å². The predicted octanol–water partition coefficient (Wildman–Crippen LogP) is 2.28. The third-order valence-corrected chi connectivity index (χ3v) is 3.18. The van der Waals surface area contributed by atoms with Gasteiger partial charge in [0.2, 0.25) is 0 Å². The van der Waals surface area contributed by atoms with E-state index in [2.05, 4.69) is 5.32 Å². The van der Waals surface area contributed by atoms with Crippen LogP contribution in [0.25, 0.3) is 0 Å². The van der Waals surface area contributed by atoms with Gasteiger partial charge in [-0.05, 0) is 18.4 Å². The Morgan fingerprint density at radius 3 is 2.56 bits per heavy atom. The minimum atomic E-state index is -0.536. The summed E-state index contributed by atoms with van der Waals surface area (Å²) in [5.41, 5.74) is 0.929. The Labute approximate surface area is 106 Å². The highest BCUT2D eigenvalue weighted by atomic mass is 16.5. The summed E-state index contributed by atoms with van der Waals surface area (Å²) in [5.74, 6) is 0.261. The van der Waals surface area contributed by atoms with Crippen LogP contribution in [0.2, 0.25) is 0 Å². The van der Waals surface area contributed by atoms with Gasteiger partial charge in [-0.15, -0.1) is 0 Å². The summed E-state index contributed by atoms with van der Waals surface area (Å²) in [7, 11) is 0. The maximum atomic E-state index is 11.5. The second kappa shape index (κ2) is 6.19. The molecule has 2 rings (SSSR count). The van der Waals surface area contributed by atoms with Crippen LogP contribution in [0.5, 0.6) is 0 Å². The summed E-state index contributed by atoms with van der Waals surface area (Å²) < 4.78 is 5.01. The molecule has 1 N–H and O–H groups in total. The molecule has 1 aliphatic carbocycles. The Hall–Kier alpha value is -1.84. The molecule has 18 heavy (non-hydrogen) atoms. The summed E-state index contributed by atoms with van der Waals surface area (Å²) in [5, 5.41) is 2.49. The molecule has 4 nitrogen and oxygen atoms in total. The number of ether oxygens (including phenoxy) is 1. The zero-order chi connectivity index (χ0) is 12.8. The second-order valence-corrected chi connectivity index (χ2v) is 4.51. The topological polar surface area (TPSA) is 55.4 Å². The molecule has 96 valence electrons. The minimum absolute atomic E-state index is 0.0816. The number of hydrogen-bond donors (Lipinski definition) is 1. The second-order valence-electron chi connectivity index (χ2n) is 4.51. The molecule has 1 saturated carbocycles. The molecule has 1 fully saturated rings. The van der Waals surface area contributed by atoms with Crippen LogP contribution in [0.15, 0.2) is 30.3 Å². The van der Waals surface area contributed by atoms with Crippen LogP contribution in [0, 0.1) is 5.92 Å². The van der Waals surface area contributed by atoms with Crippen molar-refractivity contribution in [2.75, 3.05) is 6.54 Å². The first-order chi connectivity index (χ1) is 8.75. The maximum absolute atomic E-state index is 11.5. The number of nitrogens with one attached hydrogen (secondary N) is 1. The lowest BCUT2D eigenvalue weighted by atomic mass is 9.82. The fourth-order valence-electron chi connectivity index (χ4n) is 1.81. The number of Topliss-reactive ketones (excluding diaryl/α,β-unsaturated/α-hetero) is 1. The van der Waals surface area contributed by atoms with E-state index in [1.54, 1.807) is 0 Å². The van der Waals surface area contributed by atoms with Crippen molar-refractivity contribution >= 4 is 11.9 Å². The smallest absolute Gasteiger partial charge is 0.407 e. The summed E-state index contributed by atoms with van der Waals surface area (Å²) in [6, 6.07) is 9.44. The third kappa shape index (κ3) is 3.58. The van der Waals surface area contributed by atoms with E-state index in [4.69, 9.17) is 4.74 Å². The number of ketones is 1. The van der Waals surface area contributed by atoms with Crippen LogP contribution in [0.3, 0.4) is 0 Å². The van der Waals surface area contributed by atoms with Gasteiger partial charge in [-0.1, -0.05) is 36.8 Å². The molecule has 0 aliphatic heterocycles. The number of benzene rings is 1. The number of carbonyl (C=O) groups is 2. The molecule has 0 bridgehead atoms. The van der Waals surface area contributed by atoms with Crippen molar-refractivity contribution in [1.29, 1.82) is 0 Å². The molecule has 0 spiro atoms. The number of amides is 1. The van der Waals surface area contributed by atoms with E-state index in [0.29, 0.717) is 0 Å². The number of rotatable bonds is 5. The minimum Gasteiger partial charge on any atom is -0.445 e. The molecule has 0 atom stereocenters. The standard InChI is InChI=1S/C14H17NO3/c16-13(12-7-4-8-12)9-15-14(17)18-10-11-5-2-1-3-6-11/h1-3,5-6,12H,4,7-10H2,(H,15,17). The van der Waals surface area contributed by atoms with Crippen molar-refractivity contribution in [3.8, 4) is 0 Å². The van der Waals surface area contributed by atoms with Crippen LogP contribution in [-0.2, 0) is 16.1 Å². The highest BCUT2D eigenvalue weighted by molar-refractivity contribution is 5.86. The number of hydrogen-bond acceptors (Lipinski definition) is 3. The summed E-state index contributed by atoms with van der Waals surface area (Å²) >= 11 is 0. The SMILES string of the molecule is O=C(NCC(=O)C1CCC1)OCc1ccccc1. The number of alkyl carbamates (subject to hydrolysis) is 1. The zero-order valence-corrected chi connectivity index (χ0v) is 10.2. The zero-order valence-electron chi connectivity index (χ0n) is 10.2. The van der Waals surface area contributed by atoms with Gasteiger partial charge in [0.05, 0.1) is 6.54 Å². The first-order valence-electron chi connectivity index (χ1n) is 6.23. The summed E-state index contributed by atoms with van der Waals surface area (Å²) in [4.78, 5) is 22.9. The first-order valence-corrected chi connectivity index (χ1v) is 6.23. The van der Waals surface area contributed by atoms with E-state index in [-0.39, 0.29) is 24.9 Å². The highest BCUT2D eigenvalue weighted by Crippen LogP contribution is 2.26. The van der Waals surface area contributed by atoms with Gasteiger partial charge in [-0.25, -0.2) is 4.79 Å². The molecule has 0 unspecified atom stereocenters. The lowest BCUT2D eigenvalue weighted by Gasteiger charge is -2.23. The van der Waals surface area contributed by atoms with E-state index in [1.807, 2.05) is 30.3 Å². The van der Waals surface area contributed by atoms with Crippen molar-refractivity contribution < 1.29 is 14.3 Å². The predicted molar refractivity (Wildman–Crippen MR) is 67.0 cm³/mol. The van der Waals surface area contributed by atoms with E-state index in [0.717, 1.165) is 24.8 Å². The fraction of sp³-hybridized carbons (Fsp3) is 0.429. The monoisotopic (exact) mass is 247 g/mol. The average Bonchev–Trinajstić information content (AvgIpc) is 2.33. The summed E-state index contributed by atoms with van der Waals surface area (Å²) in [6.07, 6.45) is 2.50. The molecule has 0 radical (unpaired) electrons. The Kier molecular flexibility index (Phi) is 4.34. The Morgan fingerprint density at radius 1 is 1.22 bits per heavy atom. The Morgan fingerprint density at radius 2 is 1.94 bits per heavy atom. The van der Waals surface area contributed by atoms with Gasteiger partial charge in [-0.3, -0.25) is 4.79 Å².